The molecule has 0 saturated heterocycles. The minimum Gasteiger partial charge on any atom is -0.331 e. The SMILES string of the molecule is Cc1ccc(C(=O)c2nc(C)cn2C)cc1. The summed E-state index contributed by atoms with van der Waals surface area (Å²) < 4.78 is 1.76. The highest BCUT2D eigenvalue weighted by molar-refractivity contribution is 6.06. The van der Waals surface area contributed by atoms with Crippen molar-refractivity contribution in [2.75, 3.05) is 0 Å². The Morgan fingerprint density at radius 3 is 2.31 bits per heavy atom. The maximum Gasteiger partial charge on any atom is 0.228 e. The van der Waals surface area contributed by atoms with Crippen molar-refractivity contribution in [2.45, 2.75) is 13.8 Å². The summed E-state index contributed by atoms with van der Waals surface area (Å²) in [4.78, 5) is 16.3. The van der Waals surface area contributed by atoms with Crippen LogP contribution in [0.25, 0.3) is 0 Å². The molecule has 2 rings (SSSR count). The first-order chi connectivity index (χ1) is 7.58. The van der Waals surface area contributed by atoms with Crippen LogP contribution in [-0.2, 0) is 7.05 Å². The van der Waals surface area contributed by atoms with E-state index in [1.54, 1.807) is 4.57 Å². The van der Waals surface area contributed by atoms with E-state index in [4.69, 9.17) is 0 Å². The van der Waals surface area contributed by atoms with E-state index in [1.165, 1.54) is 0 Å². The van der Waals surface area contributed by atoms with Gasteiger partial charge in [0.25, 0.3) is 0 Å². The summed E-state index contributed by atoms with van der Waals surface area (Å²) in [6, 6.07) is 7.54. The molecule has 16 heavy (non-hydrogen) atoms. The lowest BCUT2D eigenvalue weighted by atomic mass is 10.1. The van der Waals surface area contributed by atoms with Gasteiger partial charge in [-0.05, 0) is 13.8 Å². The van der Waals surface area contributed by atoms with Gasteiger partial charge in [-0.2, -0.15) is 0 Å². The Bertz CT molecular complexity index is 523. The predicted octanol–water partition coefficient (Wildman–Crippen LogP) is 2.27. The second kappa shape index (κ2) is 3.93. The van der Waals surface area contributed by atoms with Gasteiger partial charge < -0.3 is 4.57 Å². The highest BCUT2D eigenvalue weighted by Crippen LogP contribution is 2.10. The van der Waals surface area contributed by atoms with Crippen molar-refractivity contribution in [1.29, 1.82) is 0 Å². The number of carbonyl (C=O) groups excluding carboxylic acids is 1. The quantitative estimate of drug-likeness (QED) is 0.719. The number of hydrogen-bond acceptors (Lipinski definition) is 2. The van der Waals surface area contributed by atoms with Crippen LogP contribution >= 0.6 is 0 Å². The van der Waals surface area contributed by atoms with Crippen molar-refractivity contribution < 1.29 is 4.79 Å². The lowest BCUT2D eigenvalue weighted by Gasteiger charge is -2.01. The molecule has 82 valence electrons. The number of rotatable bonds is 2. The first kappa shape index (κ1) is 10.6. The Labute approximate surface area is 94.7 Å². The van der Waals surface area contributed by atoms with Crippen molar-refractivity contribution in [2.24, 2.45) is 7.05 Å². The molecule has 0 fully saturated rings. The summed E-state index contributed by atoms with van der Waals surface area (Å²) in [5.41, 5.74) is 2.69. The summed E-state index contributed by atoms with van der Waals surface area (Å²) >= 11 is 0. The van der Waals surface area contributed by atoms with Gasteiger partial charge in [-0.3, -0.25) is 4.79 Å². The number of imidazole rings is 1. The Morgan fingerprint density at radius 1 is 1.19 bits per heavy atom. The number of hydrogen-bond donors (Lipinski definition) is 0. The van der Waals surface area contributed by atoms with Gasteiger partial charge in [-0.25, -0.2) is 4.98 Å². The minimum absolute atomic E-state index is 0.0319. The fraction of sp³-hybridized carbons (Fsp3) is 0.231. The van der Waals surface area contributed by atoms with Crippen LogP contribution in [0.1, 0.15) is 27.4 Å². The molecular formula is C13H14N2O. The molecule has 0 aliphatic carbocycles. The van der Waals surface area contributed by atoms with Crippen LogP contribution in [0.15, 0.2) is 30.5 Å². The van der Waals surface area contributed by atoms with E-state index in [9.17, 15) is 4.79 Å². The number of benzene rings is 1. The Kier molecular flexibility index (Phi) is 2.60. The molecule has 0 bridgehead atoms. The van der Waals surface area contributed by atoms with Crippen LogP contribution in [0.2, 0.25) is 0 Å². The smallest absolute Gasteiger partial charge is 0.228 e. The van der Waals surface area contributed by atoms with E-state index in [1.807, 2.05) is 51.4 Å². The highest BCUT2D eigenvalue weighted by atomic mass is 16.1. The Morgan fingerprint density at radius 2 is 1.81 bits per heavy atom. The lowest BCUT2D eigenvalue weighted by Crippen LogP contribution is -2.08. The minimum atomic E-state index is -0.0319. The normalized spacial score (nSPS) is 10.4. The summed E-state index contributed by atoms with van der Waals surface area (Å²) in [6.45, 7) is 3.88. The van der Waals surface area contributed by atoms with Crippen LogP contribution < -0.4 is 0 Å². The maximum absolute atomic E-state index is 12.1. The molecule has 1 aromatic carbocycles. The summed E-state index contributed by atoms with van der Waals surface area (Å²) in [5.74, 6) is 0.456. The largest absolute Gasteiger partial charge is 0.331 e. The second-order valence-corrected chi connectivity index (χ2v) is 4.01. The van der Waals surface area contributed by atoms with Crippen molar-refractivity contribution >= 4 is 5.78 Å². The fourth-order valence-electron chi connectivity index (χ4n) is 1.66. The molecule has 0 aliphatic heterocycles. The van der Waals surface area contributed by atoms with Gasteiger partial charge in [0.2, 0.25) is 5.78 Å². The van der Waals surface area contributed by atoms with Crippen molar-refractivity contribution in [3.05, 3.63) is 53.1 Å². The number of nitrogens with zero attached hydrogens (tertiary/aromatic N) is 2. The van der Waals surface area contributed by atoms with Gasteiger partial charge >= 0.3 is 0 Å². The topological polar surface area (TPSA) is 34.9 Å². The van der Waals surface area contributed by atoms with Crippen LogP contribution in [0.3, 0.4) is 0 Å². The molecule has 0 unspecified atom stereocenters. The first-order valence-corrected chi connectivity index (χ1v) is 5.19. The Balaban J connectivity index is 2.39. The van der Waals surface area contributed by atoms with Gasteiger partial charge in [0.05, 0.1) is 5.69 Å². The zero-order valence-corrected chi connectivity index (χ0v) is 9.69. The van der Waals surface area contributed by atoms with E-state index in [0.29, 0.717) is 11.4 Å². The molecule has 1 aromatic heterocycles. The molecule has 3 heteroatoms. The van der Waals surface area contributed by atoms with Crippen molar-refractivity contribution in [3.63, 3.8) is 0 Å². The molecule has 0 saturated carbocycles. The van der Waals surface area contributed by atoms with Gasteiger partial charge in [0.15, 0.2) is 5.82 Å². The van der Waals surface area contributed by atoms with Gasteiger partial charge in [0.1, 0.15) is 0 Å². The molecule has 0 radical (unpaired) electrons. The van der Waals surface area contributed by atoms with E-state index in [-0.39, 0.29) is 5.78 Å². The van der Waals surface area contributed by atoms with Crippen molar-refractivity contribution in [3.8, 4) is 0 Å². The summed E-state index contributed by atoms with van der Waals surface area (Å²) in [5, 5.41) is 0. The number of carbonyl (C=O) groups is 1. The average molecular weight is 214 g/mol. The van der Waals surface area contributed by atoms with Crippen LogP contribution in [0.4, 0.5) is 0 Å². The van der Waals surface area contributed by atoms with Gasteiger partial charge in [-0.1, -0.05) is 29.8 Å². The zero-order valence-electron chi connectivity index (χ0n) is 9.69. The molecule has 2 aromatic rings. The predicted molar refractivity (Wildman–Crippen MR) is 62.6 cm³/mol. The second-order valence-electron chi connectivity index (χ2n) is 4.01. The standard InChI is InChI=1S/C13H14N2O/c1-9-4-6-11(7-5-9)12(16)13-14-10(2)8-15(13)3/h4-8H,1-3H3. The summed E-state index contributed by atoms with van der Waals surface area (Å²) in [6.07, 6.45) is 1.85. The van der Waals surface area contributed by atoms with Crippen LogP contribution in [0.5, 0.6) is 0 Å². The number of aryl methyl sites for hydroxylation is 3. The van der Waals surface area contributed by atoms with Crippen LogP contribution in [-0.4, -0.2) is 15.3 Å². The fourth-order valence-corrected chi connectivity index (χ4v) is 1.66. The van der Waals surface area contributed by atoms with E-state index < -0.39 is 0 Å². The average Bonchev–Trinajstić information content (AvgIpc) is 2.58. The molecule has 0 amide bonds. The molecular weight excluding hydrogens is 200 g/mol. The summed E-state index contributed by atoms with van der Waals surface area (Å²) in [7, 11) is 1.83. The molecule has 0 atom stereocenters. The molecule has 0 N–H and O–H groups in total. The molecule has 1 heterocycles. The third-order valence-corrected chi connectivity index (χ3v) is 2.51. The van der Waals surface area contributed by atoms with Gasteiger partial charge in [-0.15, -0.1) is 0 Å². The molecule has 0 aliphatic rings. The van der Waals surface area contributed by atoms with E-state index in [2.05, 4.69) is 4.98 Å². The van der Waals surface area contributed by atoms with Crippen molar-refractivity contribution in [1.82, 2.24) is 9.55 Å². The zero-order chi connectivity index (χ0) is 11.7. The van der Waals surface area contributed by atoms with E-state index in [0.717, 1.165) is 11.3 Å². The number of ketones is 1. The van der Waals surface area contributed by atoms with Gasteiger partial charge in [0, 0.05) is 18.8 Å². The highest BCUT2D eigenvalue weighted by Gasteiger charge is 2.14. The third-order valence-electron chi connectivity index (χ3n) is 2.51. The third kappa shape index (κ3) is 1.89. The molecule has 0 spiro atoms. The van der Waals surface area contributed by atoms with Crippen LogP contribution in [0, 0.1) is 13.8 Å². The van der Waals surface area contributed by atoms with E-state index >= 15 is 0 Å². The first-order valence-electron chi connectivity index (χ1n) is 5.19. The number of aromatic nitrogens is 2. The lowest BCUT2D eigenvalue weighted by molar-refractivity contribution is 0.102. The monoisotopic (exact) mass is 214 g/mol. The maximum atomic E-state index is 12.1. The Hall–Kier alpha value is -1.90. The molecule has 3 nitrogen and oxygen atoms in total.